The Balaban J connectivity index is 1.86. The van der Waals surface area contributed by atoms with E-state index in [1.165, 1.54) is 6.92 Å². The minimum absolute atomic E-state index is 0.173. The van der Waals surface area contributed by atoms with Crippen LogP contribution in [0.2, 0.25) is 10.0 Å². The highest BCUT2D eigenvalue weighted by atomic mass is 35.5. The summed E-state index contributed by atoms with van der Waals surface area (Å²) in [5.41, 5.74) is 4.71. The lowest BCUT2D eigenvalue weighted by Gasteiger charge is -2.12. The van der Waals surface area contributed by atoms with E-state index >= 15 is 0 Å². The number of hydrogen-bond donors (Lipinski definition) is 0. The Kier molecular flexibility index (Phi) is 8.22. The average molecular weight is 488 g/mol. The molecule has 0 aliphatic heterocycles. The number of oxazole rings is 1. The average Bonchev–Trinajstić information content (AvgIpc) is 3.17. The van der Waals surface area contributed by atoms with Crippen LogP contribution < -0.4 is 4.89 Å². The molecule has 0 unspecified atom stereocenters. The Morgan fingerprint density at radius 1 is 1.21 bits per heavy atom. The van der Waals surface area contributed by atoms with Gasteiger partial charge in [-0.25, -0.2) is 9.78 Å². The molecule has 174 valence electrons. The summed E-state index contributed by atoms with van der Waals surface area (Å²) in [7, 11) is 0. The smallest absolute Gasteiger partial charge is 0.352 e. The SMILES string of the molecule is CCc1c(C=CCc2nc(-c3ccc(Cl)cc3Cl)oc2C(C)C)ccc(OOC(C)=O)c1C. The molecule has 7 heteroatoms. The first kappa shape index (κ1) is 24.9. The topological polar surface area (TPSA) is 61.6 Å². The standard InChI is InChI=1S/C26H27Cl2NO4/c1-6-20-16(4)24(33-32-17(5)30)13-10-18(20)8-7-9-23-25(15(2)3)31-26(29-23)21-12-11-19(27)14-22(21)28/h7-8,10-15H,6,9H2,1-5H3. The van der Waals surface area contributed by atoms with Gasteiger partial charge in [0.15, 0.2) is 5.75 Å². The Morgan fingerprint density at radius 2 is 1.97 bits per heavy atom. The molecule has 0 N–H and O–H groups in total. The number of benzene rings is 2. The number of halogens is 2. The van der Waals surface area contributed by atoms with Gasteiger partial charge in [-0.3, -0.25) is 9.78 Å². The maximum atomic E-state index is 11.0. The zero-order chi connectivity index (χ0) is 24.1. The first-order chi connectivity index (χ1) is 15.7. The molecule has 1 heterocycles. The summed E-state index contributed by atoms with van der Waals surface area (Å²) in [5.74, 6) is 1.52. The van der Waals surface area contributed by atoms with Crippen molar-refractivity contribution in [2.45, 2.75) is 53.4 Å². The fraction of sp³-hybridized carbons (Fsp3) is 0.308. The highest BCUT2D eigenvalue weighted by molar-refractivity contribution is 6.36. The monoisotopic (exact) mass is 487 g/mol. The van der Waals surface area contributed by atoms with Crippen LogP contribution in [-0.2, 0) is 22.5 Å². The van der Waals surface area contributed by atoms with E-state index in [2.05, 4.69) is 37.8 Å². The van der Waals surface area contributed by atoms with Crippen molar-refractivity contribution in [3.8, 4) is 17.2 Å². The maximum Gasteiger partial charge on any atom is 0.352 e. The number of carbonyl (C=O) groups is 1. The molecule has 3 rings (SSSR count). The second-order valence-corrected chi connectivity index (χ2v) is 8.83. The molecule has 5 nitrogen and oxygen atoms in total. The van der Waals surface area contributed by atoms with Crippen LogP contribution in [0.15, 0.2) is 40.8 Å². The van der Waals surface area contributed by atoms with Crippen LogP contribution in [0.25, 0.3) is 17.5 Å². The summed E-state index contributed by atoms with van der Waals surface area (Å²) in [6.07, 6.45) is 5.55. The summed E-state index contributed by atoms with van der Waals surface area (Å²) in [6, 6.07) is 9.02. The zero-order valence-electron chi connectivity index (χ0n) is 19.4. The fourth-order valence-electron chi connectivity index (χ4n) is 3.61. The van der Waals surface area contributed by atoms with Crippen molar-refractivity contribution in [2.24, 2.45) is 0 Å². The van der Waals surface area contributed by atoms with Crippen molar-refractivity contribution >= 4 is 35.2 Å². The lowest BCUT2D eigenvalue weighted by molar-refractivity contribution is -0.211. The predicted octanol–water partition coefficient (Wildman–Crippen LogP) is 7.76. The molecule has 2 aromatic carbocycles. The van der Waals surface area contributed by atoms with Crippen molar-refractivity contribution in [1.82, 2.24) is 4.98 Å². The number of nitrogens with zero attached hydrogens (tertiary/aromatic N) is 1. The largest absolute Gasteiger partial charge is 0.441 e. The molecule has 0 bridgehead atoms. The molecular weight excluding hydrogens is 461 g/mol. The molecule has 1 aromatic heterocycles. The third-order valence-electron chi connectivity index (χ3n) is 5.21. The molecular formula is C26H27Cl2NO4. The Labute approximate surface area is 204 Å². The number of hydrogen-bond acceptors (Lipinski definition) is 5. The maximum absolute atomic E-state index is 11.0. The van der Waals surface area contributed by atoms with Crippen LogP contribution in [0.1, 0.15) is 61.8 Å². The zero-order valence-corrected chi connectivity index (χ0v) is 20.9. The van der Waals surface area contributed by atoms with E-state index in [4.69, 9.17) is 37.5 Å². The normalized spacial score (nSPS) is 11.4. The minimum atomic E-state index is -0.496. The molecule has 0 saturated carbocycles. The molecule has 0 atom stereocenters. The summed E-state index contributed by atoms with van der Waals surface area (Å²) >= 11 is 12.4. The summed E-state index contributed by atoms with van der Waals surface area (Å²) in [5, 5.41) is 1.06. The van der Waals surface area contributed by atoms with Gasteiger partial charge in [-0.15, -0.1) is 0 Å². The minimum Gasteiger partial charge on any atom is -0.441 e. The Hall–Kier alpha value is -2.76. The second kappa shape index (κ2) is 10.9. The highest BCUT2D eigenvalue weighted by Gasteiger charge is 2.18. The molecule has 0 aliphatic carbocycles. The molecule has 0 amide bonds. The highest BCUT2D eigenvalue weighted by Crippen LogP contribution is 2.33. The number of rotatable bonds is 8. The van der Waals surface area contributed by atoms with Gasteiger partial charge in [0.25, 0.3) is 0 Å². The second-order valence-electron chi connectivity index (χ2n) is 7.98. The van der Waals surface area contributed by atoms with Gasteiger partial charge in [0.2, 0.25) is 5.89 Å². The van der Waals surface area contributed by atoms with Crippen LogP contribution in [-0.4, -0.2) is 11.0 Å². The van der Waals surface area contributed by atoms with E-state index in [-0.39, 0.29) is 5.92 Å². The van der Waals surface area contributed by atoms with Crippen molar-refractivity contribution < 1.29 is 19.0 Å². The molecule has 3 aromatic rings. The van der Waals surface area contributed by atoms with Gasteiger partial charge in [-0.2, -0.15) is 0 Å². The van der Waals surface area contributed by atoms with E-state index < -0.39 is 5.97 Å². The van der Waals surface area contributed by atoms with E-state index in [9.17, 15) is 4.79 Å². The Morgan fingerprint density at radius 3 is 2.61 bits per heavy atom. The van der Waals surface area contributed by atoms with Gasteiger partial charge in [0.05, 0.1) is 16.3 Å². The summed E-state index contributed by atoms with van der Waals surface area (Å²) in [6.45, 7) is 9.47. The first-order valence-electron chi connectivity index (χ1n) is 10.8. The third-order valence-corrected chi connectivity index (χ3v) is 5.76. The lowest BCUT2D eigenvalue weighted by atomic mass is 9.98. The molecule has 0 spiro atoms. The predicted molar refractivity (Wildman–Crippen MR) is 132 cm³/mol. The number of allylic oxidation sites excluding steroid dienone is 1. The van der Waals surface area contributed by atoms with E-state index in [0.717, 1.165) is 34.6 Å². The quantitative estimate of drug-likeness (QED) is 0.240. The van der Waals surface area contributed by atoms with Gasteiger partial charge in [-0.1, -0.05) is 62.2 Å². The van der Waals surface area contributed by atoms with E-state index in [1.807, 2.05) is 19.1 Å². The van der Waals surface area contributed by atoms with E-state index in [0.29, 0.717) is 33.7 Å². The van der Waals surface area contributed by atoms with Crippen molar-refractivity contribution in [3.05, 3.63) is 74.6 Å². The van der Waals surface area contributed by atoms with Crippen LogP contribution in [0, 0.1) is 6.92 Å². The van der Waals surface area contributed by atoms with Gasteiger partial charge >= 0.3 is 5.97 Å². The fourth-order valence-corrected chi connectivity index (χ4v) is 4.10. The molecule has 0 saturated heterocycles. The van der Waals surface area contributed by atoms with Gasteiger partial charge in [0.1, 0.15) is 5.76 Å². The molecule has 33 heavy (non-hydrogen) atoms. The van der Waals surface area contributed by atoms with Crippen LogP contribution in [0.5, 0.6) is 5.75 Å². The van der Waals surface area contributed by atoms with Crippen molar-refractivity contribution in [1.29, 1.82) is 0 Å². The van der Waals surface area contributed by atoms with Gasteiger partial charge in [-0.05, 0) is 48.7 Å². The van der Waals surface area contributed by atoms with Crippen LogP contribution >= 0.6 is 23.2 Å². The molecule has 0 aliphatic rings. The van der Waals surface area contributed by atoms with Crippen molar-refractivity contribution in [3.63, 3.8) is 0 Å². The van der Waals surface area contributed by atoms with Crippen LogP contribution in [0.4, 0.5) is 0 Å². The van der Waals surface area contributed by atoms with E-state index in [1.54, 1.807) is 18.2 Å². The van der Waals surface area contributed by atoms with Gasteiger partial charge < -0.3 is 4.42 Å². The third kappa shape index (κ3) is 5.98. The number of carbonyl (C=O) groups excluding carboxylic acids is 1. The van der Waals surface area contributed by atoms with Gasteiger partial charge in [0, 0.05) is 29.8 Å². The summed E-state index contributed by atoms with van der Waals surface area (Å²) in [4.78, 5) is 25.6. The lowest BCUT2D eigenvalue weighted by Crippen LogP contribution is -2.05. The van der Waals surface area contributed by atoms with Crippen molar-refractivity contribution in [2.75, 3.05) is 0 Å². The molecule has 0 fully saturated rings. The molecule has 0 radical (unpaired) electrons. The summed E-state index contributed by atoms with van der Waals surface area (Å²) < 4.78 is 6.08. The first-order valence-corrected chi connectivity index (χ1v) is 11.6. The number of aromatic nitrogens is 1. The van der Waals surface area contributed by atoms with Crippen LogP contribution in [0.3, 0.4) is 0 Å². The Bertz CT molecular complexity index is 1180.